The van der Waals surface area contributed by atoms with Crippen molar-refractivity contribution in [2.45, 2.75) is 19.1 Å². The van der Waals surface area contributed by atoms with Gasteiger partial charge < -0.3 is 14.6 Å². The van der Waals surface area contributed by atoms with Gasteiger partial charge in [-0.2, -0.15) is 10.1 Å². The van der Waals surface area contributed by atoms with Crippen molar-refractivity contribution in [3.63, 3.8) is 0 Å². The maximum Gasteiger partial charge on any atom is 0.257 e. The summed E-state index contributed by atoms with van der Waals surface area (Å²) >= 11 is 3.44. The summed E-state index contributed by atoms with van der Waals surface area (Å²) in [5.41, 5.74) is 0.800. The lowest BCUT2D eigenvalue weighted by atomic mass is 10.2. The van der Waals surface area contributed by atoms with E-state index in [1.165, 1.54) is 0 Å². The van der Waals surface area contributed by atoms with E-state index in [9.17, 15) is 0 Å². The molecule has 2 atom stereocenters. The highest BCUT2D eigenvalue weighted by Gasteiger charge is 2.26. The number of morpholine rings is 1. The standard InChI is InChI=1S/C11H14BrN5O2/c1-6-3-13-5-8(18-6)11-15-10(16-19-11)7-4-14-17(2)9(7)12/h4,6,8,13H,3,5H2,1-2H3/t6-,8-/m1/s1. The Morgan fingerprint density at radius 2 is 2.32 bits per heavy atom. The summed E-state index contributed by atoms with van der Waals surface area (Å²) in [5, 5.41) is 11.4. The molecular formula is C11H14BrN5O2. The van der Waals surface area contributed by atoms with Gasteiger partial charge in [0.25, 0.3) is 5.89 Å². The zero-order chi connectivity index (χ0) is 13.4. The number of rotatable bonds is 2. The van der Waals surface area contributed by atoms with Gasteiger partial charge in [-0.15, -0.1) is 0 Å². The van der Waals surface area contributed by atoms with Crippen molar-refractivity contribution >= 4 is 15.9 Å². The van der Waals surface area contributed by atoms with Crippen molar-refractivity contribution in [1.82, 2.24) is 25.2 Å². The van der Waals surface area contributed by atoms with E-state index in [-0.39, 0.29) is 12.2 Å². The average molecular weight is 328 g/mol. The number of aryl methyl sites for hydroxylation is 1. The first kappa shape index (κ1) is 12.8. The molecule has 3 rings (SSSR count). The molecule has 1 aliphatic rings. The van der Waals surface area contributed by atoms with E-state index in [0.717, 1.165) is 16.7 Å². The molecule has 7 nitrogen and oxygen atoms in total. The summed E-state index contributed by atoms with van der Waals surface area (Å²) in [6.45, 7) is 3.53. The van der Waals surface area contributed by atoms with Crippen LogP contribution in [0, 0.1) is 0 Å². The number of nitrogens with one attached hydrogen (secondary N) is 1. The Morgan fingerprint density at radius 1 is 1.47 bits per heavy atom. The predicted molar refractivity (Wildman–Crippen MR) is 70.4 cm³/mol. The number of hydrogen-bond donors (Lipinski definition) is 1. The fraction of sp³-hybridized carbons (Fsp3) is 0.545. The van der Waals surface area contributed by atoms with Crippen LogP contribution >= 0.6 is 15.9 Å². The number of hydrogen-bond acceptors (Lipinski definition) is 6. The summed E-state index contributed by atoms with van der Waals surface area (Å²) in [6, 6.07) is 0. The van der Waals surface area contributed by atoms with Crippen molar-refractivity contribution < 1.29 is 9.26 Å². The van der Waals surface area contributed by atoms with Gasteiger partial charge in [0, 0.05) is 20.1 Å². The molecule has 0 amide bonds. The second-order valence-electron chi connectivity index (χ2n) is 4.52. The molecule has 1 N–H and O–H groups in total. The van der Waals surface area contributed by atoms with E-state index in [1.54, 1.807) is 10.9 Å². The van der Waals surface area contributed by atoms with Crippen LogP contribution in [-0.4, -0.2) is 39.1 Å². The molecule has 2 aromatic heterocycles. The lowest BCUT2D eigenvalue weighted by Crippen LogP contribution is -2.39. The van der Waals surface area contributed by atoms with E-state index < -0.39 is 0 Å². The van der Waals surface area contributed by atoms with Gasteiger partial charge in [-0.3, -0.25) is 4.68 Å². The van der Waals surface area contributed by atoms with Crippen molar-refractivity contribution in [3.8, 4) is 11.4 Å². The fourth-order valence-corrected chi connectivity index (χ4v) is 2.36. The van der Waals surface area contributed by atoms with Gasteiger partial charge >= 0.3 is 0 Å². The van der Waals surface area contributed by atoms with Crippen LogP contribution < -0.4 is 5.32 Å². The molecule has 0 unspecified atom stereocenters. The molecular weight excluding hydrogens is 314 g/mol. The Bertz CT molecular complexity index is 581. The Balaban J connectivity index is 1.85. The highest BCUT2D eigenvalue weighted by atomic mass is 79.9. The van der Waals surface area contributed by atoms with Gasteiger partial charge in [-0.25, -0.2) is 0 Å². The molecule has 0 bridgehead atoms. The van der Waals surface area contributed by atoms with E-state index >= 15 is 0 Å². The van der Waals surface area contributed by atoms with Crippen LogP contribution in [0.3, 0.4) is 0 Å². The first-order chi connectivity index (χ1) is 9.15. The van der Waals surface area contributed by atoms with E-state index in [1.807, 2.05) is 14.0 Å². The van der Waals surface area contributed by atoms with Crippen molar-refractivity contribution in [1.29, 1.82) is 0 Å². The smallest absolute Gasteiger partial charge is 0.257 e. The van der Waals surface area contributed by atoms with Crippen molar-refractivity contribution in [2.24, 2.45) is 7.05 Å². The third-order valence-corrected chi connectivity index (χ3v) is 3.92. The average Bonchev–Trinajstić information content (AvgIpc) is 2.98. The van der Waals surface area contributed by atoms with Crippen molar-refractivity contribution in [3.05, 3.63) is 16.7 Å². The van der Waals surface area contributed by atoms with Gasteiger partial charge in [0.2, 0.25) is 5.82 Å². The maximum atomic E-state index is 5.77. The fourth-order valence-electron chi connectivity index (χ4n) is 1.99. The monoisotopic (exact) mass is 327 g/mol. The molecule has 0 aromatic carbocycles. The third kappa shape index (κ3) is 2.43. The highest BCUT2D eigenvalue weighted by molar-refractivity contribution is 9.10. The number of halogens is 1. The number of nitrogens with zero attached hydrogens (tertiary/aromatic N) is 4. The summed E-state index contributed by atoms with van der Waals surface area (Å²) in [4.78, 5) is 4.39. The van der Waals surface area contributed by atoms with Crippen LogP contribution in [0.4, 0.5) is 0 Å². The predicted octanol–water partition coefficient (Wildman–Crippen LogP) is 1.28. The Hall–Kier alpha value is -1.25. The third-order valence-electron chi connectivity index (χ3n) is 2.98. The van der Waals surface area contributed by atoms with Gasteiger partial charge in [0.1, 0.15) is 10.7 Å². The summed E-state index contributed by atoms with van der Waals surface area (Å²) in [6.07, 6.45) is 1.64. The summed E-state index contributed by atoms with van der Waals surface area (Å²) < 4.78 is 13.6. The van der Waals surface area contributed by atoms with E-state index in [2.05, 4.69) is 36.5 Å². The molecule has 0 saturated carbocycles. The van der Waals surface area contributed by atoms with Crippen LogP contribution in [0.25, 0.3) is 11.4 Å². The zero-order valence-electron chi connectivity index (χ0n) is 10.6. The van der Waals surface area contributed by atoms with E-state index in [4.69, 9.17) is 9.26 Å². The van der Waals surface area contributed by atoms with E-state index in [0.29, 0.717) is 18.3 Å². The molecule has 3 heterocycles. The van der Waals surface area contributed by atoms with Gasteiger partial charge in [-0.05, 0) is 22.9 Å². The Morgan fingerprint density at radius 3 is 3.00 bits per heavy atom. The van der Waals surface area contributed by atoms with Crippen LogP contribution in [-0.2, 0) is 11.8 Å². The SMILES string of the molecule is C[C@@H]1CNC[C@H](c2nc(-c3cnn(C)c3Br)no2)O1. The molecule has 0 aliphatic carbocycles. The largest absolute Gasteiger partial charge is 0.363 e. The van der Waals surface area contributed by atoms with Crippen molar-refractivity contribution in [2.75, 3.05) is 13.1 Å². The summed E-state index contributed by atoms with van der Waals surface area (Å²) in [7, 11) is 1.84. The number of ether oxygens (including phenoxy) is 1. The molecule has 102 valence electrons. The molecule has 0 spiro atoms. The zero-order valence-corrected chi connectivity index (χ0v) is 12.2. The second-order valence-corrected chi connectivity index (χ2v) is 5.27. The van der Waals surface area contributed by atoms with Crippen LogP contribution in [0.2, 0.25) is 0 Å². The Labute approximate surface area is 118 Å². The molecule has 1 aliphatic heterocycles. The molecule has 1 saturated heterocycles. The Kier molecular flexibility index (Phi) is 3.38. The molecule has 19 heavy (non-hydrogen) atoms. The maximum absolute atomic E-state index is 5.77. The molecule has 0 radical (unpaired) electrons. The first-order valence-electron chi connectivity index (χ1n) is 6.03. The first-order valence-corrected chi connectivity index (χ1v) is 6.82. The minimum absolute atomic E-state index is 0.138. The summed E-state index contributed by atoms with van der Waals surface area (Å²) in [5.74, 6) is 1.00. The topological polar surface area (TPSA) is 78.0 Å². The minimum atomic E-state index is -0.194. The van der Waals surface area contributed by atoms with Gasteiger partial charge in [-0.1, -0.05) is 5.16 Å². The minimum Gasteiger partial charge on any atom is -0.363 e. The lowest BCUT2D eigenvalue weighted by molar-refractivity contribution is -0.0438. The lowest BCUT2D eigenvalue weighted by Gasteiger charge is -2.25. The second kappa shape index (κ2) is 5.03. The highest BCUT2D eigenvalue weighted by Crippen LogP contribution is 2.27. The van der Waals surface area contributed by atoms with Crippen LogP contribution in [0.5, 0.6) is 0 Å². The van der Waals surface area contributed by atoms with Gasteiger partial charge in [0.05, 0.1) is 17.9 Å². The van der Waals surface area contributed by atoms with Gasteiger partial charge in [0.15, 0.2) is 0 Å². The number of aromatic nitrogens is 4. The van der Waals surface area contributed by atoms with Crippen LogP contribution in [0.15, 0.2) is 15.3 Å². The molecule has 1 fully saturated rings. The molecule has 8 heteroatoms. The van der Waals surface area contributed by atoms with Crippen LogP contribution in [0.1, 0.15) is 18.9 Å². The quantitative estimate of drug-likeness (QED) is 0.895. The normalized spacial score (nSPS) is 23.7. The molecule has 2 aromatic rings.